The minimum Gasteiger partial charge on any atom is -0.366 e. The molecule has 2 aliphatic rings. The molecule has 2 fully saturated rings. The van der Waals surface area contributed by atoms with Crippen molar-refractivity contribution in [2.75, 3.05) is 62.6 Å². The van der Waals surface area contributed by atoms with Crippen molar-refractivity contribution in [2.24, 2.45) is 0 Å². The lowest BCUT2D eigenvalue weighted by atomic mass is 10.1. The Balaban J connectivity index is 1.38. The van der Waals surface area contributed by atoms with Crippen molar-refractivity contribution in [3.8, 4) is 0 Å². The van der Waals surface area contributed by atoms with Crippen LogP contribution in [0.4, 0.5) is 28.9 Å². The maximum atomic E-state index is 13.8. The van der Waals surface area contributed by atoms with Gasteiger partial charge in [0.1, 0.15) is 23.3 Å². The van der Waals surface area contributed by atoms with Crippen LogP contribution in [0.3, 0.4) is 0 Å². The number of piperazine rings is 2. The smallest absolute Gasteiger partial charge is 0.255 e. The molecular weight excluding hydrogens is 542 g/mol. The Morgan fingerprint density at radius 1 is 0.610 bits per heavy atom. The van der Waals surface area contributed by atoms with Crippen molar-refractivity contribution in [1.29, 1.82) is 0 Å². The van der Waals surface area contributed by atoms with E-state index in [0.717, 1.165) is 24.3 Å². The molecule has 2 aliphatic heterocycles. The third kappa shape index (κ3) is 6.49. The van der Waals surface area contributed by atoms with E-state index in [-0.39, 0.29) is 35.8 Å². The lowest BCUT2D eigenvalue weighted by molar-refractivity contribution is 0.0731. The van der Waals surface area contributed by atoms with Crippen LogP contribution in [0, 0.1) is 23.3 Å². The summed E-state index contributed by atoms with van der Waals surface area (Å²) >= 11 is 0. The summed E-state index contributed by atoms with van der Waals surface area (Å²) < 4.78 is 54.8. The van der Waals surface area contributed by atoms with Gasteiger partial charge >= 0.3 is 0 Å². The molecule has 3 aromatic rings. The quantitative estimate of drug-likeness (QED) is 0.460. The Bertz CT molecular complexity index is 1450. The summed E-state index contributed by atoms with van der Waals surface area (Å²) in [6.45, 7) is 3.43. The van der Waals surface area contributed by atoms with Gasteiger partial charge in [0, 0.05) is 81.2 Å². The fourth-order valence-electron chi connectivity index (χ4n) is 4.99. The molecule has 2 saturated heterocycles. The first-order valence-corrected chi connectivity index (χ1v) is 13.1. The zero-order valence-electron chi connectivity index (χ0n) is 21.9. The molecule has 5 rings (SSSR count). The van der Waals surface area contributed by atoms with Crippen molar-refractivity contribution in [1.82, 2.24) is 15.1 Å². The number of carbonyl (C=O) groups is 3. The Hall–Kier alpha value is -4.45. The third-order valence-corrected chi connectivity index (χ3v) is 7.04. The second kappa shape index (κ2) is 12.0. The van der Waals surface area contributed by atoms with Crippen LogP contribution in [-0.4, -0.2) is 79.9 Å². The molecule has 0 unspecified atom stereocenters. The number of rotatable bonds is 5. The molecule has 41 heavy (non-hydrogen) atoms. The molecule has 3 amide bonds. The topological polar surface area (TPSA) is 85.0 Å². The van der Waals surface area contributed by atoms with Gasteiger partial charge in [0.2, 0.25) is 0 Å². The van der Waals surface area contributed by atoms with E-state index in [1.807, 2.05) is 4.90 Å². The summed E-state index contributed by atoms with van der Waals surface area (Å²) in [4.78, 5) is 44.1. The number of hydrogen-bond donors (Lipinski definition) is 2. The molecule has 0 aliphatic carbocycles. The molecule has 0 spiro atoms. The number of halogens is 4. The third-order valence-electron chi connectivity index (χ3n) is 7.04. The van der Waals surface area contributed by atoms with Gasteiger partial charge in [-0.1, -0.05) is 0 Å². The first kappa shape index (κ1) is 28.1. The highest BCUT2D eigenvalue weighted by atomic mass is 19.1. The highest BCUT2D eigenvalue weighted by Crippen LogP contribution is 2.30. The Labute approximate surface area is 233 Å². The summed E-state index contributed by atoms with van der Waals surface area (Å²) in [5, 5.41) is 5.87. The molecule has 0 bridgehead atoms. The molecular formula is C29H27F4N5O3. The van der Waals surface area contributed by atoms with E-state index in [4.69, 9.17) is 0 Å². The molecule has 0 radical (unpaired) electrons. The van der Waals surface area contributed by atoms with E-state index in [9.17, 15) is 31.9 Å². The summed E-state index contributed by atoms with van der Waals surface area (Å²) in [7, 11) is 0. The molecule has 8 nitrogen and oxygen atoms in total. The normalized spacial score (nSPS) is 15.6. The van der Waals surface area contributed by atoms with Gasteiger partial charge in [0.25, 0.3) is 17.7 Å². The average Bonchev–Trinajstić information content (AvgIpc) is 2.96. The van der Waals surface area contributed by atoms with Gasteiger partial charge in [-0.15, -0.1) is 0 Å². The first-order chi connectivity index (χ1) is 19.7. The number of hydrogen-bond acceptors (Lipinski definition) is 5. The molecule has 2 N–H and O–H groups in total. The fourth-order valence-corrected chi connectivity index (χ4v) is 4.99. The SMILES string of the molecule is O=C(Nc1cc(C(=O)N2CCNCC2)ccc1N1CCN(C(=O)c2cc(F)cc(F)c2)CC1)c1cc(F)cc(F)c1. The van der Waals surface area contributed by atoms with Crippen LogP contribution in [-0.2, 0) is 0 Å². The minimum atomic E-state index is -0.906. The van der Waals surface area contributed by atoms with Crippen LogP contribution >= 0.6 is 0 Å². The van der Waals surface area contributed by atoms with Crippen molar-refractivity contribution < 1.29 is 31.9 Å². The van der Waals surface area contributed by atoms with Gasteiger partial charge in [-0.25, -0.2) is 17.6 Å². The Morgan fingerprint density at radius 2 is 1.12 bits per heavy atom. The number of nitrogens with zero attached hydrogens (tertiary/aromatic N) is 3. The van der Waals surface area contributed by atoms with Crippen LogP contribution in [0.25, 0.3) is 0 Å². The van der Waals surface area contributed by atoms with Crippen LogP contribution in [0.1, 0.15) is 31.1 Å². The van der Waals surface area contributed by atoms with Gasteiger partial charge in [-0.2, -0.15) is 0 Å². The van der Waals surface area contributed by atoms with Crippen molar-refractivity contribution in [2.45, 2.75) is 0 Å². The van der Waals surface area contributed by atoms with Crippen molar-refractivity contribution >= 4 is 29.1 Å². The lowest BCUT2D eigenvalue weighted by Crippen LogP contribution is -2.49. The molecule has 214 valence electrons. The van der Waals surface area contributed by atoms with Gasteiger partial charge in [-0.05, 0) is 42.5 Å². The highest BCUT2D eigenvalue weighted by Gasteiger charge is 2.26. The number of anilines is 2. The number of benzene rings is 3. The minimum absolute atomic E-state index is 0.0954. The van der Waals surface area contributed by atoms with E-state index in [0.29, 0.717) is 62.7 Å². The van der Waals surface area contributed by atoms with E-state index >= 15 is 0 Å². The van der Waals surface area contributed by atoms with Crippen molar-refractivity contribution in [3.05, 3.63) is 94.6 Å². The van der Waals surface area contributed by atoms with Crippen LogP contribution < -0.4 is 15.5 Å². The number of amides is 3. The second-order valence-corrected chi connectivity index (χ2v) is 9.82. The first-order valence-electron chi connectivity index (χ1n) is 13.1. The molecule has 0 aromatic heterocycles. The van der Waals surface area contributed by atoms with Gasteiger partial charge in [-0.3, -0.25) is 14.4 Å². The predicted molar refractivity (Wildman–Crippen MR) is 144 cm³/mol. The monoisotopic (exact) mass is 569 g/mol. The second-order valence-electron chi connectivity index (χ2n) is 9.82. The van der Waals surface area contributed by atoms with E-state index in [1.165, 1.54) is 11.0 Å². The van der Waals surface area contributed by atoms with Gasteiger partial charge in [0.05, 0.1) is 11.4 Å². The predicted octanol–water partition coefficient (Wildman–Crippen LogP) is 3.50. The Kier molecular flexibility index (Phi) is 8.20. The number of nitrogens with one attached hydrogen (secondary N) is 2. The maximum absolute atomic E-state index is 13.8. The van der Waals surface area contributed by atoms with Crippen LogP contribution in [0.5, 0.6) is 0 Å². The largest absolute Gasteiger partial charge is 0.366 e. The summed E-state index contributed by atoms with van der Waals surface area (Å²) in [6.07, 6.45) is 0. The highest BCUT2D eigenvalue weighted by molar-refractivity contribution is 6.07. The maximum Gasteiger partial charge on any atom is 0.255 e. The molecule has 0 atom stereocenters. The molecule has 2 heterocycles. The van der Waals surface area contributed by atoms with E-state index in [1.54, 1.807) is 17.0 Å². The lowest BCUT2D eigenvalue weighted by Gasteiger charge is -2.37. The average molecular weight is 570 g/mol. The van der Waals surface area contributed by atoms with Gasteiger partial charge in [0.15, 0.2) is 0 Å². The zero-order chi connectivity index (χ0) is 29.1. The molecule has 0 saturated carbocycles. The molecule has 12 heteroatoms. The van der Waals surface area contributed by atoms with Crippen molar-refractivity contribution in [3.63, 3.8) is 0 Å². The van der Waals surface area contributed by atoms with Crippen LogP contribution in [0.2, 0.25) is 0 Å². The van der Waals surface area contributed by atoms with E-state index < -0.39 is 35.1 Å². The Morgan fingerprint density at radius 3 is 1.71 bits per heavy atom. The van der Waals surface area contributed by atoms with Gasteiger partial charge < -0.3 is 25.3 Å². The molecule has 3 aromatic carbocycles. The summed E-state index contributed by atoms with van der Waals surface area (Å²) in [5.41, 5.74) is 0.800. The fraction of sp³-hybridized carbons (Fsp3) is 0.276. The van der Waals surface area contributed by atoms with E-state index in [2.05, 4.69) is 10.6 Å². The number of carbonyl (C=O) groups excluding carboxylic acids is 3. The summed E-state index contributed by atoms with van der Waals surface area (Å²) in [6, 6.07) is 9.99. The standard InChI is InChI=1S/C29H27F4N5O3/c30-21-11-19(12-22(31)16-21)27(39)35-25-15-18(28(40)37-5-3-34-4-6-37)1-2-26(25)36-7-9-38(10-8-36)29(41)20-13-23(32)17-24(33)14-20/h1-2,11-17,34H,3-10H2,(H,35,39). The summed E-state index contributed by atoms with van der Waals surface area (Å²) in [5.74, 6) is -5.00. The van der Waals surface area contributed by atoms with Crippen LogP contribution in [0.15, 0.2) is 54.6 Å². The zero-order valence-corrected chi connectivity index (χ0v) is 21.9.